The number of ether oxygens (including phenoxy) is 1. The highest BCUT2D eigenvalue weighted by Crippen LogP contribution is 1.98. The Morgan fingerprint density at radius 3 is 1.58 bits per heavy atom. The van der Waals surface area contributed by atoms with Gasteiger partial charge in [0.05, 0.1) is 0 Å². The minimum absolute atomic E-state index is 0. The Kier molecular flexibility index (Phi) is 24.3. The van der Waals surface area contributed by atoms with Crippen LogP contribution in [0.3, 0.4) is 0 Å². The van der Waals surface area contributed by atoms with Crippen LogP contribution in [-0.4, -0.2) is 36.5 Å². The molecule has 0 amide bonds. The molecule has 0 bridgehead atoms. The molecule has 0 aromatic rings. The fraction of sp³-hybridized carbons (Fsp3) is 0.857. The first kappa shape index (κ1) is 17.4. The number of rotatable bonds is 0. The Bertz CT molecular complexity index is 71.9. The second-order valence-electron chi connectivity index (χ2n) is 1.84. The van der Waals surface area contributed by atoms with Crippen molar-refractivity contribution in [3.63, 3.8) is 0 Å². The molecule has 1 fully saturated rings. The first-order chi connectivity index (χ1) is 5.23. The van der Waals surface area contributed by atoms with E-state index in [1.807, 2.05) is 0 Å². The molecule has 0 aromatic carbocycles. The van der Waals surface area contributed by atoms with Gasteiger partial charge in [-0.2, -0.15) is 0 Å². The van der Waals surface area contributed by atoms with Crippen LogP contribution in [-0.2, 0) is 9.53 Å². The third kappa shape index (κ3) is 34.5. The van der Waals surface area contributed by atoms with Gasteiger partial charge < -0.3 is 21.1 Å². The fourth-order valence-corrected chi connectivity index (χ4v) is 0.510. The number of hydrogen-bond donors (Lipinski definition) is 3. The Morgan fingerprint density at radius 1 is 1.25 bits per heavy atom. The lowest BCUT2D eigenvalue weighted by atomic mass is 10.4. The molecule has 5 N–H and O–H groups in total. The Labute approximate surface area is 72.9 Å². The van der Waals surface area contributed by atoms with Gasteiger partial charge in [0.2, 0.25) is 0 Å². The number of hydrogen-bond acceptors (Lipinski definition) is 4. The summed E-state index contributed by atoms with van der Waals surface area (Å²) in [5.74, 6) is -0.833. The zero-order chi connectivity index (χ0) is 9.11. The number of aliphatic hydroxyl groups excluding tert-OH is 1. The SMILES string of the molecule is C1CCOC1.CC(=O)O.CO.N. The molecular weight excluding hydrogens is 162 g/mol. The molecule has 0 radical (unpaired) electrons. The number of carboxylic acid groups (broad SMARTS) is 1. The van der Waals surface area contributed by atoms with Gasteiger partial charge in [-0.25, -0.2) is 0 Å². The predicted molar refractivity (Wildman–Crippen MR) is 46.5 cm³/mol. The van der Waals surface area contributed by atoms with Gasteiger partial charge in [-0.15, -0.1) is 0 Å². The van der Waals surface area contributed by atoms with Crippen LogP contribution in [0.4, 0.5) is 0 Å². The monoisotopic (exact) mass is 181 g/mol. The molecule has 0 aliphatic carbocycles. The van der Waals surface area contributed by atoms with Gasteiger partial charge in [-0.1, -0.05) is 0 Å². The van der Waals surface area contributed by atoms with Crippen molar-refractivity contribution >= 4 is 5.97 Å². The lowest BCUT2D eigenvalue weighted by Gasteiger charge is -1.76. The van der Waals surface area contributed by atoms with E-state index in [-0.39, 0.29) is 6.15 Å². The highest BCUT2D eigenvalue weighted by molar-refractivity contribution is 5.62. The van der Waals surface area contributed by atoms with Crippen molar-refractivity contribution in [3.8, 4) is 0 Å². The average Bonchev–Trinajstić information content (AvgIpc) is 2.44. The lowest BCUT2D eigenvalue weighted by molar-refractivity contribution is -0.134. The van der Waals surface area contributed by atoms with Gasteiger partial charge in [-0.05, 0) is 12.8 Å². The Balaban J connectivity index is -0.000000107. The molecular formula is C7H19NO4. The molecule has 5 nitrogen and oxygen atoms in total. The van der Waals surface area contributed by atoms with E-state index in [9.17, 15) is 0 Å². The Hall–Kier alpha value is -0.650. The topological polar surface area (TPSA) is 102 Å². The van der Waals surface area contributed by atoms with Gasteiger partial charge in [0.15, 0.2) is 0 Å². The van der Waals surface area contributed by atoms with Gasteiger partial charge in [-0.3, -0.25) is 4.79 Å². The molecule has 0 atom stereocenters. The molecule has 1 rings (SSSR count). The molecule has 1 aliphatic heterocycles. The van der Waals surface area contributed by atoms with Crippen molar-refractivity contribution in [2.75, 3.05) is 20.3 Å². The van der Waals surface area contributed by atoms with Crippen molar-refractivity contribution in [3.05, 3.63) is 0 Å². The van der Waals surface area contributed by atoms with Gasteiger partial charge >= 0.3 is 0 Å². The van der Waals surface area contributed by atoms with E-state index in [0.717, 1.165) is 27.2 Å². The van der Waals surface area contributed by atoms with Gasteiger partial charge in [0, 0.05) is 27.2 Å². The maximum atomic E-state index is 9.00. The van der Waals surface area contributed by atoms with E-state index in [1.54, 1.807) is 0 Å². The van der Waals surface area contributed by atoms with Crippen LogP contribution in [0.15, 0.2) is 0 Å². The molecule has 1 heterocycles. The second kappa shape index (κ2) is 16.7. The molecule has 12 heavy (non-hydrogen) atoms. The highest BCUT2D eigenvalue weighted by Gasteiger charge is 1.94. The molecule has 0 unspecified atom stereocenters. The van der Waals surface area contributed by atoms with Crippen LogP contribution in [0.1, 0.15) is 19.8 Å². The van der Waals surface area contributed by atoms with E-state index in [1.165, 1.54) is 12.8 Å². The van der Waals surface area contributed by atoms with Crippen LogP contribution in [0.5, 0.6) is 0 Å². The second-order valence-corrected chi connectivity index (χ2v) is 1.84. The van der Waals surface area contributed by atoms with E-state index < -0.39 is 5.97 Å². The van der Waals surface area contributed by atoms with Crippen molar-refractivity contribution in [1.29, 1.82) is 0 Å². The average molecular weight is 181 g/mol. The summed E-state index contributed by atoms with van der Waals surface area (Å²) in [4.78, 5) is 9.00. The lowest BCUT2D eigenvalue weighted by Crippen LogP contribution is -1.78. The van der Waals surface area contributed by atoms with Crippen molar-refractivity contribution in [2.45, 2.75) is 19.8 Å². The van der Waals surface area contributed by atoms with Gasteiger partial charge in [0.1, 0.15) is 0 Å². The van der Waals surface area contributed by atoms with Crippen molar-refractivity contribution in [2.24, 2.45) is 0 Å². The number of aliphatic carboxylic acids is 1. The van der Waals surface area contributed by atoms with Gasteiger partial charge in [0.25, 0.3) is 5.97 Å². The molecule has 0 saturated carbocycles. The van der Waals surface area contributed by atoms with Crippen LogP contribution < -0.4 is 6.15 Å². The zero-order valence-electron chi connectivity index (χ0n) is 7.75. The number of carboxylic acids is 1. The van der Waals surface area contributed by atoms with Crippen LogP contribution in [0, 0.1) is 0 Å². The summed E-state index contributed by atoms with van der Waals surface area (Å²) < 4.78 is 4.94. The van der Waals surface area contributed by atoms with E-state index in [2.05, 4.69) is 0 Å². The summed E-state index contributed by atoms with van der Waals surface area (Å²) in [6.45, 7) is 3.08. The number of carbonyl (C=O) groups is 1. The van der Waals surface area contributed by atoms with Crippen molar-refractivity contribution < 1.29 is 19.7 Å². The minimum Gasteiger partial charge on any atom is -0.481 e. The summed E-state index contributed by atoms with van der Waals surface area (Å²) in [5.41, 5.74) is 0. The fourth-order valence-electron chi connectivity index (χ4n) is 0.510. The van der Waals surface area contributed by atoms with Crippen LogP contribution in [0.25, 0.3) is 0 Å². The standard InChI is InChI=1S/C4H8O.C2H4O2.CH4O.H3N/c1-2-4-5-3-1;1-2(3)4;1-2;/h1-4H2;1H3,(H,3,4);2H,1H3;1H3. The smallest absolute Gasteiger partial charge is 0.300 e. The molecule has 5 heteroatoms. The molecule has 1 saturated heterocycles. The maximum absolute atomic E-state index is 9.00. The molecule has 1 aliphatic rings. The first-order valence-electron chi connectivity index (χ1n) is 3.45. The first-order valence-corrected chi connectivity index (χ1v) is 3.45. The quantitative estimate of drug-likeness (QED) is 0.509. The summed E-state index contributed by atoms with van der Waals surface area (Å²) in [5, 5.41) is 14.4. The van der Waals surface area contributed by atoms with Crippen LogP contribution >= 0.6 is 0 Å². The molecule has 76 valence electrons. The zero-order valence-corrected chi connectivity index (χ0v) is 7.75. The highest BCUT2D eigenvalue weighted by atomic mass is 16.5. The predicted octanol–water partition coefficient (Wildman–Crippen LogP) is 0.658. The number of aliphatic hydroxyl groups is 1. The minimum atomic E-state index is -0.833. The third-order valence-electron chi connectivity index (χ3n) is 0.827. The largest absolute Gasteiger partial charge is 0.481 e. The van der Waals surface area contributed by atoms with Crippen molar-refractivity contribution in [1.82, 2.24) is 6.15 Å². The van der Waals surface area contributed by atoms with E-state index >= 15 is 0 Å². The molecule has 0 aromatic heterocycles. The normalized spacial score (nSPS) is 12.6. The summed E-state index contributed by atoms with van der Waals surface area (Å²) in [6.07, 6.45) is 2.56. The maximum Gasteiger partial charge on any atom is 0.300 e. The van der Waals surface area contributed by atoms with E-state index in [4.69, 9.17) is 19.7 Å². The summed E-state index contributed by atoms with van der Waals surface area (Å²) >= 11 is 0. The Morgan fingerprint density at radius 2 is 1.50 bits per heavy atom. The summed E-state index contributed by atoms with van der Waals surface area (Å²) in [6, 6.07) is 0. The third-order valence-corrected chi connectivity index (χ3v) is 0.827. The van der Waals surface area contributed by atoms with E-state index in [0.29, 0.717) is 0 Å². The molecule has 0 spiro atoms. The van der Waals surface area contributed by atoms with Crippen LogP contribution in [0.2, 0.25) is 0 Å². The summed E-state index contributed by atoms with van der Waals surface area (Å²) in [7, 11) is 1.00.